The SMILES string of the molecule is N#CC(C(=O)OCc1ccccn1)=C1Nc2ccccc2N=C1Cl. The van der Waals surface area contributed by atoms with Crippen LogP contribution in [0.4, 0.5) is 11.4 Å². The first-order chi connectivity index (χ1) is 11.7. The molecule has 118 valence electrons. The third-order valence-electron chi connectivity index (χ3n) is 3.23. The Bertz CT molecular complexity index is 885. The van der Waals surface area contributed by atoms with E-state index in [0.717, 1.165) is 0 Å². The average Bonchev–Trinajstić information content (AvgIpc) is 2.62. The first-order valence-electron chi connectivity index (χ1n) is 7.01. The Balaban J connectivity index is 1.84. The van der Waals surface area contributed by atoms with Crippen molar-refractivity contribution in [2.75, 3.05) is 5.32 Å². The predicted octanol–water partition coefficient (Wildman–Crippen LogP) is 3.30. The maximum Gasteiger partial charge on any atom is 0.351 e. The van der Waals surface area contributed by atoms with Crippen molar-refractivity contribution in [3.05, 3.63) is 65.6 Å². The number of pyridine rings is 1. The minimum absolute atomic E-state index is 0.0278. The fourth-order valence-corrected chi connectivity index (χ4v) is 2.32. The molecule has 0 saturated carbocycles. The number of halogens is 1. The monoisotopic (exact) mass is 338 g/mol. The first-order valence-corrected chi connectivity index (χ1v) is 7.39. The smallest absolute Gasteiger partial charge is 0.351 e. The molecule has 1 aromatic carbocycles. The van der Waals surface area contributed by atoms with Gasteiger partial charge in [0.15, 0.2) is 10.7 Å². The third kappa shape index (κ3) is 3.26. The van der Waals surface area contributed by atoms with E-state index in [0.29, 0.717) is 17.1 Å². The van der Waals surface area contributed by atoms with Gasteiger partial charge in [0, 0.05) is 6.20 Å². The lowest BCUT2D eigenvalue weighted by atomic mass is 10.1. The zero-order valence-electron chi connectivity index (χ0n) is 12.4. The first kappa shape index (κ1) is 15.7. The number of benzene rings is 1. The Morgan fingerprint density at radius 3 is 2.79 bits per heavy atom. The molecule has 0 aliphatic carbocycles. The minimum Gasteiger partial charge on any atom is -0.455 e. The highest BCUT2D eigenvalue weighted by molar-refractivity contribution is 6.70. The van der Waals surface area contributed by atoms with Gasteiger partial charge in [-0.1, -0.05) is 29.8 Å². The van der Waals surface area contributed by atoms with Gasteiger partial charge in [0.25, 0.3) is 0 Å². The summed E-state index contributed by atoms with van der Waals surface area (Å²) >= 11 is 6.10. The van der Waals surface area contributed by atoms with E-state index in [2.05, 4.69) is 15.3 Å². The van der Waals surface area contributed by atoms with Crippen LogP contribution in [0.25, 0.3) is 0 Å². The second kappa shape index (κ2) is 6.94. The summed E-state index contributed by atoms with van der Waals surface area (Å²) in [5.41, 5.74) is 1.75. The van der Waals surface area contributed by atoms with E-state index >= 15 is 0 Å². The number of fused-ring (bicyclic) bond motifs is 1. The van der Waals surface area contributed by atoms with Crippen molar-refractivity contribution in [3.8, 4) is 6.07 Å². The number of allylic oxidation sites excluding steroid dienone is 1. The summed E-state index contributed by atoms with van der Waals surface area (Å²) in [4.78, 5) is 20.5. The molecule has 0 fully saturated rings. The number of hydrogen-bond acceptors (Lipinski definition) is 6. The van der Waals surface area contributed by atoms with Crippen molar-refractivity contribution in [3.63, 3.8) is 0 Å². The third-order valence-corrected chi connectivity index (χ3v) is 3.51. The van der Waals surface area contributed by atoms with Crippen LogP contribution in [0.5, 0.6) is 0 Å². The number of nitrogens with one attached hydrogen (secondary N) is 1. The zero-order chi connectivity index (χ0) is 16.9. The van der Waals surface area contributed by atoms with Crippen molar-refractivity contribution in [2.24, 2.45) is 4.99 Å². The molecule has 3 rings (SSSR count). The highest BCUT2D eigenvalue weighted by atomic mass is 35.5. The van der Waals surface area contributed by atoms with Gasteiger partial charge >= 0.3 is 5.97 Å². The average molecular weight is 339 g/mol. The van der Waals surface area contributed by atoms with Crippen LogP contribution in [0.2, 0.25) is 0 Å². The topological polar surface area (TPSA) is 87.4 Å². The summed E-state index contributed by atoms with van der Waals surface area (Å²) in [5, 5.41) is 12.3. The molecular formula is C17H11ClN4O2. The van der Waals surface area contributed by atoms with Crippen molar-refractivity contribution in [2.45, 2.75) is 6.61 Å². The largest absolute Gasteiger partial charge is 0.455 e. The van der Waals surface area contributed by atoms with Crippen molar-refractivity contribution in [1.82, 2.24) is 4.98 Å². The van der Waals surface area contributed by atoms with Crippen LogP contribution in [0.15, 0.2) is 64.9 Å². The number of rotatable bonds is 3. The van der Waals surface area contributed by atoms with Gasteiger partial charge in [-0.15, -0.1) is 0 Å². The quantitative estimate of drug-likeness (QED) is 0.527. The van der Waals surface area contributed by atoms with Gasteiger partial charge in [0.1, 0.15) is 18.4 Å². The lowest BCUT2D eigenvalue weighted by molar-refractivity contribution is -0.139. The van der Waals surface area contributed by atoms with E-state index in [1.165, 1.54) is 0 Å². The molecule has 0 radical (unpaired) electrons. The number of hydrogen-bond donors (Lipinski definition) is 1. The summed E-state index contributed by atoms with van der Waals surface area (Å²) in [7, 11) is 0. The molecule has 1 aromatic heterocycles. The van der Waals surface area contributed by atoms with E-state index in [-0.39, 0.29) is 23.0 Å². The molecule has 1 aliphatic heterocycles. The highest BCUT2D eigenvalue weighted by Crippen LogP contribution is 2.32. The molecule has 7 heteroatoms. The Morgan fingerprint density at radius 2 is 2.04 bits per heavy atom. The second-order valence-corrected chi connectivity index (χ2v) is 5.16. The maximum atomic E-state index is 12.2. The van der Waals surface area contributed by atoms with E-state index in [1.54, 1.807) is 36.5 Å². The predicted molar refractivity (Wildman–Crippen MR) is 89.7 cm³/mol. The molecule has 2 heterocycles. The summed E-state index contributed by atoms with van der Waals surface area (Å²) in [6.07, 6.45) is 1.59. The number of para-hydroxylation sites is 2. The number of carbonyl (C=O) groups excluding carboxylic acids is 1. The summed E-state index contributed by atoms with van der Waals surface area (Å²) in [5.74, 6) is -0.793. The minimum atomic E-state index is -0.793. The van der Waals surface area contributed by atoms with Crippen LogP contribution in [0, 0.1) is 11.3 Å². The molecule has 0 bridgehead atoms. The van der Waals surface area contributed by atoms with Gasteiger partial charge in [-0.3, -0.25) is 4.98 Å². The lowest BCUT2D eigenvalue weighted by Gasteiger charge is -2.18. The van der Waals surface area contributed by atoms with Gasteiger partial charge in [-0.25, -0.2) is 9.79 Å². The number of anilines is 1. The number of aromatic nitrogens is 1. The Hall–Kier alpha value is -3.17. The van der Waals surface area contributed by atoms with Crippen LogP contribution in [-0.2, 0) is 16.1 Å². The Labute approximate surface area is 143 Å². The number of aliphatic imine (C=N–C) groups is 1. The van der Waals surface area contributed by atoms with Crippen molar-refractivity contribution in [1.29, 1.82) is 5.26 Å². The van der Waals surface area contributed by atoms with Gasteiger partial charge in [-0.2, -0.15) is 5.26 Å². The molecule has 6 nitrogen and oxygen atoms in total. The fraction of sp³-hybridized carbons (Fsp3) is 0.0588. The van der Waals surface area contributed by atoms with Crippen LogP contribution in [0.3, 0.4) is 0 Å². The number of nitriles is 1. The molecular weight excluding hydrogens is 328 g/mol. The normalized spacial score (nSPS) is 14.6. The van der Waals surface area contributed by atoms with E-state index < -0.39 is 5.97 Å². The zero-order valence-corrected chi connectivity index (χ0v) is 13.1. The molecule has 24 heavy (non-hydrogen) atoms. The van der Waals surface area contributed by atoms with E-state index in [1.807, 2.05) is 18.2 Å². The van der Waals surface area contributed by atoms with Gasteiger partial charge in [0.05, 0.1) is 17.1 Å². The van der Waals surface area contributed by atoms with Crippen LogP contribution in [0.1, 0.15) is 5.69 Å². The number of carbonyl (C=O) groups is 1. The van der Waals surface area contributed by atoms with Crippen LogP contribution >= 0.6 is 11.6 Å². The summed E-state index contributed by atoms with van der Waals surface area (Å²) in [6.45, 7) is -0.0382. The summed E-state index contributed by atoms with van der Waals surface area (Å²) < 4.78 is 5.14. The van der Waals surface area contributed by atoms with Crippen molar-refractivity contribution >= 4 is 34.1 Å². The molecule has 1 aliphatic rings. The van der Waals surface area contributed by atoms with Gasteiger partial charge in [-0.05, 0) is 24.3 Å². The van der Waals surface area contributed by atoms with Crippen molar-refractivity contribution < 1.29 is 9.53 Å². The van der Waals surface area contributed by atoms with Gasteiger partial charge < -0.3 is 10.1 Å². The highest BCUT2D eigenvalue weighted by Gasteiger charge is 2.24. The van der Waals surface area contributed by atoms with E-state index in [9.17, 15) is 10.1 Å². The molecule has 0 spiro atoms. The lowest BCUT2D eigenvalue weighted by Crippen LogP contribution is -2.19. The van der Waals surface area contributed by atoms with Crippen LogP contribution in [-0.4, -0.2) is 16.1 Å². The number of ether oxygens (including phenoxy) is 1. The maximum absolute atomic E-state index is 12.2. The molecule has 2 aromatic rings. The molecule has 1 N–H and O–H groups in total. The molecule has 0 unspecified atom stereocenters. The Morgan fingerprint density at radius 1 is 1.25 bits per heavy atom. The van der Waals surface area contributed by atoms with Gasteiger partial charge in [0.2, 0.25) is 0 Å². The molecule has 0 atom stereocenters. The fourth-order valence-electron chi connectivity index (χ4n) is 2.09. The molecule has 0 saturated heterocycles. The number of nitrogens with zero attached hydrogens (tertiary/aromatic N) is 3. The van der Waals surface area contributed by atoms with E-state index in [4.69, 9.17) is 16.3 Å². The van der Waals surface area contributed by atoms with Crippen LogP contribution < -0.4 is 5.32 Å². The molecule has 0 amide bonds. The number of esters is 1. The Kier molecular flexibility index (Phi) is 4.54. The second-order valence-electron chi connectivity index (χ2n) is 4.80. The standard InChI is InChI=1S/C17H11ClN4O2/c18-16-15(21-13-6-1-2-7-14(13)22-16)12(9-19)17(23)24-10-11-5-3-4-8-20-11/h1-8,21H,10H2. The summed E-state index contributed by atoms with van der Waals surface area (Å²) in [6, 6.07) is 14.3.